The largest absolute Gasteiger partial charge is 0.329 e. The molecule has 22 heavy (non-hydrogen) atoms. The molecule has 0 amide bonds. The van der Waals surface area contributed by atoms with Gasteiger partial charge in [0.2, 0.25) is 0 Å². The second-order valence-corrected chi connectivity index (χ2v) is 5.91. The highest BCUT2D eigenvalue weighted by molar-refractivity contribution is 5.16. The van der Waals surface area contributed by atoms with Gasteiger partial charge in [-0.1, -0.05) is 60.7 Å². The van der Waals surface area contributed by atoms with Gasteiger partial charge >= 0.3 is 0 Å². The van der Waals surface area contributed by atoms with Gasteiger partial charge in [-0.2, -0.15) is 0 Å². The average molecular weight is 296 g/mol. The van der Waals surface area contributed by atoms with E-state index in [-0.39, 0.29) is 0 Å². The van der Waals surface area contributed by atoms with Crippen LogP contribution in [0.25, 0.3) is 0 Å². The molecule has 0 aliphatic heterocycles. The Balaban J connectivity index is 1.82. The molecule has 2 nitrogen and oxygen atoms in total. The lowest BCUT2D eigenvalue weighted by atomic mass is 9.93. The van der Waals surface area contributed by atoms with Gasteiger partial charge in [0.15, 0.2) is 0 Å². The van der Waals surface area contributed by atoms with Crippen LogP contribution in [0.3, 0.4) is 0 Å². The number of nitrogens with one attached hydrogen (secondary N) is 1. The van der Waals surface area contributed by atoms with Gasteiger partial charge < -0.3 is 11.1 Å². The van der Waals surface area contributed by atoms with Crippen molar-refractivity contribution in [1.82, 2.24) is 5.32 Å². The van der Waals surface area contributed by atoms with E-state index in [2.05, 4.69) is 66.0 Å². The van der Waals surface area contributed by atoms with Gasteiger partial charge in [0, 0.05) is 13.1 Å². The molecule has 3 N–H and O–H groups in total. The lowest BCUT2D eigenvalue weighted by molar-refractivity contribution is 0.421. The molecule has 2 aromatic carbocycles. The van der Waals surface area contributed by atoms with E-state index in [1.807, 2.05) is 0 Å². The predicted molar refractivity (Wildman–Crippen MR) is 94.9 cm³/mol. The normalized spacial score (nSPS) is 11.0. The topological polar surface area (TPSA) is 38.0 Å². The Bertz CT molecular complexity index is 452. The minimum Gasteiger partial charge on any atom is -0.329 e. The fraction of sp³-hybridized carbons (Fsp3) is 0.400. The first-order valence-electron chi connectivity index (χ1n) is 8.37. The first-order valence-corrected chi connectivity index (χ1v) is 8.37. The van der Waals surface area contributed by atoms with Crippen molar-refractivity contribution in [2.45, 2.75) is 25.7 Å². The van der Waals surface area contributed by atoms with Crippen molar-refractivity contribution in [3.05, 3.63) is 71.8 Å². The standard InChI is InChI=1S/C20H28N2/c21-15-16-22-17-20(13-11-18-7-3-1-4-8-18)14-12-19-9-5-2-6-10-19/h1-10,20,22H,11-17,21H2. The Morgan fingerprint density at radius 1 is 0.773 bits per heavy atom. The zero-order chi connectivity index (χ0) is 15.5. The third kappa shape index (κ3) is 6.42. The molecule has 0 radical (unpaired) electrons. The lowest BCUT2D eigenvalue weighted by Gasteiger charge is -2.18. The van der Waals surface area contributed by atoms with Gasteiger partial charge in [-0.3, -0.25) is 0 Å². The molecule has 0 aromatic heterocycles. The highest BCUT2D eigenvalue weighted by atomic mass is 14.9. The van der Waals surface area contributed by atoms with Crippen LogP contribution in [0.5, 0.6) is 0 Å². The van der Waals surface area contributed by atoms with E-state index in [1.54, 1.807) is 0 Å². The molecule has 2 rings (SSSR count). The second kappa shape index (κ2) is 10.1. The number of rotatable bonds is 10. The van der Waals surface area contributed by atoms with E-state index >= 15 is 0 Å². The van der Waals surface area contributed by atoms with E-state index in [9.17, 15) is 0 Å². The summed E-state index contributed by atoms with van der Waals surface area (Å²) < 4.78 is 0. The maximum Gasteiger partial charge on any atom is 0.00746 e. The summed E-state index contributed by atoms with van der Waals surface area (Å²) in [6, 6.07) is 21.6. The van der Waals surface area contributed by atoms with Crippen molar-refractivity contribution in [3.8, 4) is 0 Å². The van der Waals surface area contributed by atoms with E-state index < -0.39 is 0 Å². The van der Waals surface area contributed by atoms with Crippen LogP contribution in [0.4, 0.5) is 0 Å². The summed E-state index contributed by atoms with van der Waals surface area (Å²) in [4.78, 5) is 0. The van der Waals surface area contributed by atoms with E-state index in [0.717, 1.165) is 25.9 Å². The Labute approximate surface area is 134 Å². The molecule has 2 aromatic rings. The van der Waals surface area contributed by atoms with Gasteiger partial charge in [0.1, 0.15) is 0 Å². The van der Waals surface area contributed by atoms with Crippen LogP contribution in [0.2, 0.25) is 0 Å². The number of benzene rings is 2. The maximum absolute atomic E-state index is 5.58. The summed E-state index contributed by atoms with van der Waals surface area (Å²) >= 11 is 0. The third-order valence-corrected chi connectivity index (χ3v) is 4.12. The Kier molecular flexibility index (Phi) is 7.71. The molecule has 0 saturated carbocycles. The molecular weight excluding hydrogens is 268 g/mol. The third-order valence-electron chi connectivity index (χ3n) is 4.12. The summed E-state index contributed by atoms with van der Waals surface area (Å²) in [5.41, 5.74) is 8.45. The smallest absolute Gasteiger partial charge is 0.00746 e. The first-order chi connectivity index (χ1) is 10.9. The summed E-state index contributed by atoms with van der Waals surface area (Å²) in [7, 11) is 0. The van der Waals surface area contributed by atoms with Gasteiger partial charge in [-0.05, 0) is 49.3 Å². The van der Waals surface area contributed by atoms with Crippen molar-refractivity contribution >= 4 is 0 Å². The van der Waals surface area contributed by atoms with Crippen molar-refractivity contribution < 1.29 is 0 Å². The van der Waals surface area contributed by atoms with Gasteiger partial charge in [-0.25, -0.2) is 0 Å². The highest BCUT2D eigenvalue weighted by Crippen LogP contribution is 2.16. The molecule has 0 spiro atoms. The van der Waals surface area contributed by atoms with Crippen molar-refractivity contribution in [1.29, 1.82) is 0 Å². The summed E-state index contributed by atoms with van der Waals surface area (Å²) in [6.07, 6.45) is 4.78. The zero-order valence-electron chi connectivity index (χ0n) is 13.4. The summed E-state index contributed by atoms with van der Waals surface area (Å²) in [5.74, 6) is 0.701. The Hall–Kier alpha value is -1.64. The number of hydrogen-bond acceptors (Lipinski definition) is 2. The summed E-state index contributed by atoms with van der Waals surface area (Å²) in [5, 5.41) is 3.48. The molecule has 0 heterocycles. The molecular formula is C20H28N2. The van der Waals surface area contributed by atoms with Crippen molar-refractivity contribution in [2.24, 2.45) is 11.7 Å². The molecule has 0 unspecified atom stereocenters. The van der Waals surface area contributed by atoms with Gasteiger partial charge in [0.05, 0.1) is 0 Å². The van der Waals surface area contributed by atoms with Gasteiger partial charge in [-0.15, -0.1) is 0 Å². The molecule has 118 valence electrons. The molecule has 2 heteroatoms. The van der Waals surface area contributed by atoms with Crippen LogP contribution >= 0.6 is 0 Å². The minimum absolute atomic E-state index is 0.701. The Morgan fingerprint density at radius 2 is 1.27 bits per heavy atom. The fourth-order valence-corrected chi connectivity index (χ4v) is 2.79. The first kappa shape index (κ1) is 16.7. The SMILES string of the molecule is NCCNCC(CCc1ccccc1)CCc1ccccc1. The van der Waals surface area contributed by atoms with Crippen LogP contribution in [-0.4, -0.2) is 19.6 Å². The molecule has 0 bridgehead atoms. The van der Waals surface area contributed by atoms with Gasteiger partial charge in [0.25, 0.3) is 0 Å². The molecule has 0 saturated heterocycles. The van der Waals surface area contributed by atoms with Crippen LogP contribution < -0.4 is 11.1 Å². The Morgan fingerprint density at radius 3 is 1.73 bits per heavy atom. The minimum atomic E-state index is 0.701. The number of nitrogens with two attached hydrogens (primary N) is 1. The average Bonchev–Trinajstić information content (AvgIpc) is 2.59. The predicted octanol–water partition coefficient (Wildman–Crippen LogP) is 3.42. The second-order valence-electron chi connectivity index (χ2n) is 5.91. The van der Waals surface area contributed by atoms with E-state index in [4.69, 9.17) is 5.73 Å². The number of hydrogen-bond donors (Lipinski definition) is 2. The lowest BCUT2D eigenvalue weighted by Crippen LogP contribution is -2.28. The fourth-order valence-electron chi connectivity index (χ4n) is 2.79. The maximum atomic E-state index is 5.58. The molecule has 0 aliphatic carbocycles. The molecule has 0 aliphatic rings. The summed E-state index contributed by atoms with van der Waals surface area (Å²) in [6.45, 7) is 2.69. The quantitative estimate of drug-likeness (QED) is 0.659. The van der Waals surface area contributed by atoms with Crippen LogP contribution in [0, 0.1) is 5.92 Å². The van der Waals surface area contributed by atoms with Crippen molar-refractivity contribution in [3.63, 3.8) is 0 Å². The zero-order valence-corrected chi connectivity index (χ0v) is 13.4. The van der Waals surface area contributed by atoms with Crippen molar-refractivity contribution in [2.75, 3.05) is 19.6 Å². The van der Waals surface area contributed by atoms with Crippen LogP contribution in [0.15, 0.2) is 60.7 Å². The van der Waals surface area contributed by atoms with Crippen LogP contribution in [0.1, 0.15) is 24.0 Å². The molecule has 0 atom stereocenters. The highest BCUT2D eigenvalue weighted by Gasteiger charge is 2.09. The van der Waals surface area contributed by atoms with E-state index in [0.29, 0.717) is 12.5 Å². The molecule has 0 fully saturated rings. The monoisotopic (exact) mass is 296 g/mol. The van der Waals surface area contributed by atoms with E-state index in [1.165, 1.54) is 24.0 Å². The number of aryl methyl sites for hydroxylation is 2. The van der Waals surface area contributed by atoms with Crippen LogP contribution in [-0.2, 0) is 12.8 Å².